The smallest absolute Gasteiger partial charge is 0.267 e. The van der Waals surface area contributed by atoms with E-state index in [0.717, 1.165) is 49.2 Å². The van der Waals surface area contributed by atoms with Crippen molar-refractivity contribution in [1.29, 1.82) is 0 Å². The molecule has 6 rings (SSSR count). The van der Waals surface area contributed by atoms with Gasteiger partial charge in [-0.15, -0.1) is 11.3 Å². The standard InChI is InChI=1S/C31H24N4OS/c1-18-12-14-20(15-13-18)23-17-25(21-8-4-3-5-9-21)35-31-27(23)28(32)29(37-31)30(36)34-26-16-19(2)33-24-11-7-6-10-22(24)26/h3-17H,32H2,1-2H3,(H,33,34,36). The number of anilines is 2. The largest absolute Gasteiger partial charge is 0.397 e. The molecule has 180 valence electrons. The van der Waals surface area contributed by atoms with Crippen LogP contribution in [0.15, 0.2) is 91.0 Å². The van der Waals surface area contributed by atoms with Crippen LogP contribution < -0.4 is 11.1 Å². The Morgan fingerprint density at radius 2 is 1.57 bits per heavy atom. The number of nitrogen functional groups attached to an aromatic ring is 1. The van der Waals surface area contributed by atoms with Crippen molar-refractivity contribution in [2.75, 3.05) is 11.1 Å². The van der Waals surface area contributed by atoms with E-state index in [0.29, 0.717) is 16.3 Å². The molecular formula is C31H24N4OS. The second-order valence-corrected chi connectivity index (χ2v) is 10.1. The molecule has 3 aromatic heterocycles. The maximum Gasteiger partial charge on any atom is 0.267 e. The van der Waals surface area contributed by atoms with E-state index in [1.54, 1.807) is 0 Å². The van der Waals surface area contributed by atoms with Crippen molar-refractivity contribution in [2.24, 2.45) is 0 Å². The molecule has 5 nitrogen and oxygen atoms in total. The molecule has 1 amide bonds. The van der Waals surface area contributed by atoms with E-state index >= 15 is 0 Å². The lowest BCUT2D eigenvalue weighted by Crippen LogP contribution is -2.12. The summed E-state index contributed by atoms with van der Waals surface area (Å²) in [7, 11) is 0. The fourth-order valence-electron chi connectivity index (χ4n) is 4.60. The molecule has 37 heavy (non-hydrogen) atoms. The number of aromatic nitrogens is 2. The number of para-hydroxylation sites is 1. The molecule has 0 atom stereocenters. The van der Waals surface area contributed by atoms with Gasteiger partial charge in [-0.25, -0.2) is 4.98 Å². The molecule has 3 N–H and O–H groups in total. The molecule has 0 fully saturated rings. The average Bonchev–Trinajstić information content (AvgIpc) is 3.25. The van der Waals surface area contributed by atoms with E-state index < -0.39 is 0 Å². The van der Waals surface area contributed by atoms with Gasteiger partial charge in [0, 0.05) is 22.0 Å². The average molecular weight is 501 g/mol. The van der Waals surface area contributed by atoms with Crippen LogP contribution >= 0.6 is 11.3 Å². The van der Waals surface area contributed by atoms with Gasteiger partial charge in [0.25, 0.3) is 5.91 Å². The molecule has 0 aliphatic heterocycles. The predicted molar refractivity (Wildman–Crippen MR) is 154 cm³/mol. The first-order chi connectivity index (χ1) is 18.0. The maximum absolute atomic E-state index is 13.6. The molecule has 0 spiro atoms. The zero-order valence-electron chi connectivity index (χ0n) is 20.4. The number of carbonyl (C=O) groups excluding carboxylic acids is 1. The molecule has 0 aliphatic carbocycles. The summed E-state index contributed by atoms with van der Waals surface area (Å²) in [5.41, 5.74) is 14.5. The van der Waals surface area contributed by atoms with Crippen LogP contribution in [-0.4, -0.2) is 15.9 Å². The number of hydrogen-bond acceptors (Lipinski definition) is 5. The van der Waals surface area contributed by atoms with Crippen LogP contribution in [0.2, 0.25) is 0 Å². The van der Waals surface area contributed by atoms with Crippen molar-refractivity contribution in [3.8, 4) is 22.4 Å². The van der Waals surface area contributed by atoms with E-state index in [-0.39, 0.29) is 5.91 Å². The molecule has 0 bridgehead atoms. The summed E-state index contributed by atoms with van der Waals surface area (Å²) >= 11 is 1.32. The van der Waals surface area contributed by atoms with Gasteiger partial charge in [-0.2, -0.15) is 0 Å². The van der Waals surface area contributed by atoms with Gasteiger partial charge in [0.1, 0.15) is 9.71 Å². The third-order valence-electron chi connectivity index (χ3n) is 6.43. The van der Waals surface area contributed by atoms with E-state index in [2.05, 4.69) is 47.6 Å². The number of pyridine rings is 2. The van der Waals surface area contributed by atoms with Gasteiger partial charge in [0.05, 0.1) is 22.6 Å². The van der Waals surface area contributed by atoms with Crippen LogP contribution in [0.5, 0.6) is 0 Å². The molecule has 6 aromatic rings. The van der Waals surface area contributed by atoms with Crippen molar-refractivity contribution in [1.82, 2.24) is 9.97 Å². The summed E-state index contributed by atoms with van der Waals surface area (Å²) in [4.78, 5) is 24.3. The topological polar surface area (TPSA) is 80.9 Å². The van der Waals surface area contributed by atoms with Crippen molar-refractivity contribution in [3.63, 3.8) is 0 Å². The number of hydrogen-bond donors (Lipinski definition) is 2. The Morgan fingerprint density at radius 1 is 0.838 bits per heavy atom. The molecule has 0 saturated carbocycles. The third kappa shape index (κ3) is 4.21. The summed E-state index contributed by atoms with van der Waals surface area (Å²) in [5, 5.41) is 4.76. The summed E-state index contributed by atoms with van der Waals surface area (Å²) < 4.78 is 0. The van der Waals surface area contributed by atoms with Crippen LogP contribution in [0, 0.1) is 13.8 Å². The van der Waals surface area contributed by atoms with Crippen LogP contribution in [0.3, 0.4) is 0 Å². The monoisotopic (exact) mass is 500 g/mol. The zero-order valence-corrected chi connectivity index (χ0v) is 21.3. The number of amides is 1. The Balaban J connectivity index is 1.50. The molecule has 0 saturated heterocycles. The quantitative estimate of drug-likeness (QED) is 0.261. The van der Waals surface area contributed by atoms with Gasteiger partial charge in [0.2, 0.25) is 0 Å². The molecule has 6 heteroatoms. The number of rotatable bonds is 4. The fraction of sp³-hybridized carbons (Fsp3) is 0.0645. The van der Waals surface area contributed by atoms with Crippen LogP contribution in [-0.2, 0) is 0 Å². The van der Waals surface area contributed by atoms with Gasteiger partial charge in [-0.05, 0) is 43.2 Å². The van der Waals surface area contributed by atoms with Crippen LogP contribution in [0.4, 0.5) is 11.4 Å². The van der Waals surface area contributed by atoms with Crippen molar-refractivity contribution in [2.45, 2.75) is 13.8 Å². The first-order valence-electron chi connectivity index (χ1n) is 12.0. The number of fused-ring (bicyclic) bond motifs is 2. The fourth-order valence-corrected chi connectivity index (χ4v) is 5.61. The number of nitrogens with two attached hydrogens (primary N) is 1. The minimum absolute atomic E-state index is 0.257. The SMILES string of the molecule is Cc1ccc(-c2cc(-c3ccccc3)nc3sc(C(=O)Nc4cc(C)nc5ccccc45)c(N)c23)cc1. The summed E-state index contributed by atoms with van der Waals surface area (Å²) in [6.45, 7) is 3.98. The van der Waals surface area contributed by atoms with E-state index in [1.165, 1.54) is 16.9 Å². The highest BCUT2D eigenvalue weighted by atomic mass is 32.1. The highest BCUT2D eigenvalue weighted by Crippen LogP contribution is 2.41. The first-order valence-corrected chi connectivity index (χ1v) is 12.8. The Bertz CT molecular complexity index is 1790. The zero-order chi connectivity index (χ0) is 25.5. The third-order valence-corrected chi connectivity index (χ3v) is 7.53. The van der Waals surface area contributed by atoms with Gasteiger partial charge in [-0.3, -0.25) is 9.78 Å². The lowest BCUT2D eigenvalue weighted by Gasteiger charge is -2.10. The van der Waals surface area contributed by atoms with E-state index in [1.807, 2.05) is 67.6 Å². The molecular weight excluding hydrogens is 476 g/mol. The molecule has 0 unspecified atom stereocenters. The Morgan fingerprint density at radius 3 is 2.35 bits per heavy atom. The second kappa shape index (κ2) is 9.15. The highest BCUT2D eigenvalue weighted by Gasteiger charge is 2.22. The Hall–Kier alpha value is -4.55. The highest BCUT2D eigenvalue weighted by molar-refractivity contribution is 7.21. The summed E-state index contributed by atoms with van der Waals surface area (Å²) in [5.74, 6) is -0.257. The minimum Gasteiger partial charge on any atom is -0.397 e. The van der Waals surface area contributed by atoms with Gasteiger partial charge in [-0.1, -0.05) is 78.4 Å². The molecule has 0 aliphatic rings. The number of aryl methyl sites for hydroxylation is 2. The number of nitrogens with zero attached hydrogens (tertiary/aromatic N) is 2. The van der Waals surface area contributed by atoms with Crippen molar-refractivity contribution >= 4 is 49.7 Å². The van der Waals surface area contributed by atoms with E-state index in [4.69, 9.17) is 10.7 Å². The van der Waals surface area contributed by atoms with Gasteiger partial charge < -0.3 is 11.1 Å². The lowest BCUT2D eigenvalue weighted by atomic mass is 9.98. The molecule has 3 heterocycles. The van der Waals surface area contributed by atoms with Gasteiger partial charge in [0.15, 0.2) is 0 Å². The van der Waals surface area contributed by atoms with Crippen LogP contribution in [0.1, 0.15) is 20.9 Å². The number of carbonyl (C=O) groups is 1. The lowest BCUT2D eigenvalue weighted by molar-refractivity contribution is 0.103. The maximum atomic E-state index is 13.6. The predicted octanol–water partition coefficient (Wildman–Crippen LogP) is 7.63. The summed E-state index contributed by atoms with van der Waals surface area (Å²) in [6.07, 6.45) is 0. The molecule has 3 aromatic carbocycles. The first kappa shape index (κ1) is 22.9. The van der Waals surface area contributed by atoms with E-state index in [9.17, 15) is 4.79 Å². The number of nitrogens with one attached hydrogen (secondary N) is 1. The minimum atomic E-state index is -0.257. The number of thiophene rings is 1. The second-order valence-electron chi connectivity index (χ2n) is 9.09. The molecule has 0 radical (unpaired) electrons. The van der Waals surface area contributed by atoms with Gasteiger partial charge >= 0.3 is 0 Å². The summed E-state index contributed by atoms with van der Waals surface area (Å²) in [6, 6.07) is 30.1. The van der Waals surface area contributed by atoms with Crippen molar-refractivity contribution in [3.05, 3.63) is 107 Å². The Kier molecular flexibility index (Phi) is 5.66. The normalized spacial score (nSPS) is 11.2. The Labute approximate surface area is 218 Å². The van der Waals surface area contributed by atoms with Crippen molar-refractivity contribution < 1.29 is 4.79 Å². The van der Waals surface area contributed by atoms with Crippen LogP contribution in [0.25, 0.3) is 43.5 Å². The number of benzene rings is 3.